The molecule has 3 N–H and O–H groups in total. The minimum absolute atomic E-state index is 0.0234. The Morgan fingerprint density at radius 3 is 2.86 bits per heavy atom. The zero-order chi connectivity index (χ0) is 10.6. The summed E-state index contributed by atoms with van der Waals surface area (Å²) in [6.07, 6.45) is 0.836. The molecular weight excluding hydrogens is 220 g/mol. The van der Waals surface area contributed by atoms with E-state index in [1.807, 2.05) is 19.1 Å². The van der Waals surface area contributed by atoms with Gasteiger partial charge >= 0.3 is 0 Å². The number of amides is 1. The number of carbonyl (C=O) groups is 1. The molecule has 0 saturated heterocycles. The summed E-state index contributed by atoms with van der Waals surface area (Å²) in [4.78, 5) is 12.2. The molecule has 78 valence electrons. The van der Waals surface area contributed by atoms with Gasteiger partial charge < -0.3 is 11.1 Å². The zero-order valence-electron chi connectivity index (χ0n) is 7.92. The van der Waals surface area contributed by atoms with E-state index < -0.39 is 0 Å². The summed E-state index contributed by atoms with van der Waals surface area (Å²) in [6, 6.07) is 3.79. The number of thiophene rings is 1. The van der Waals surface area contributed by atoms with Gasteiger partial charge in [-0.2, -0.15) is 0 Å². The summed E-state index contributed by atoms with van der Waals surface area (Å²) in [5, 5.41) is 2.83. The Morgan fingerprint density at radius 2 is 2.43 bits per heavy atom. The molecule has 0 bridgehead atoms. The molecule has 5 heteroatoms. The molecule has 0 aliphatic carbocycles. The van der Waals surface area contributed by atoms with Gasteiger partial charge in [-0.15, -0.1) is 11.3 Å². The summed E-state index contributed by atoms with van der Waals surface area (Å²) < 4.78 is 0.737. The lowest BCUT2D eigenvalue weighted by atomic mass is 10.2. The van der Waals surface area contributed by atoms with E-state index in [9.17, 15) is 4.79 Å². The molecule has 1 heterocycles. The molecule has 0 fully saturated rings. The Labute approximate surface area is 92.3 Å². The minimum Gasteiger partial charge on any atom is -0.347 e. The highest BCUT2D eigenvalue weighted by molar-refractivity contribution is 7.16. The molecule has 0 aliphatic heterocycles. The van der Waals surface area contributed by atoms with Gasteiger partial charge in [0, 0.05) is 4.88 Å². The number of rotatable bonds is 4. The molecular formula is C9H13ClN2OS. The lowest BCUT2D eigenvalue weighted by molar-refractivity contribution is -0.120. The number of carbonyl (C=O) groups excluding carboxylic acids is 1. The number of nitrogens with one attached hydrogen (secondary N) is 1. The predicted octanol–water partition coefficient (Wildman–Crippen LogP) is 1.93. The highest BCUT2D eigenvalue weighted by Crippen LogP contribution is 2.28. The number of halogens is 1. The maximum Gasteiger partial charge on any atom is 0.234 e. The molecule has 3 nitrogen and oxygen atoms in total. The third-order valence-electron chi connectivity index (χ3n) is 1.87. The van der Waals surface area contributed by atoms with Gasteiger partial charge in [0.05, 0.1) is 16.9 Å². The van der Waals surface area contributed by atoms with Crippen LogP contribution in [0.1, 0.15) is 24.3 Å². The standard InChI is InChI=1S/C9H13ClN2OS/c1-2-6(12-9(13)5-11)7-3-4-8(10)14-7/h3-4,6H,2,5,11H2,1H3,(H,12,13). The molecule has 14 heavy (non-hydrogen) atoms. The van der Waals surface area contributed by atoms with Crippen LogP contribution in [-0.2, 0) is 4.79 Å². The van der Waals surface area contributed by atoms with Crippen molar-refractivity contribution in [2.45, 2.75) is 19.4 Å². The van der Waals surface area contributed by atoms with E-state index in [2.05, 4.69) is 5.32 Å². The van der Waals surface area contributed by atoms with Crippen molar-refractivity contribution in [3.8, 4) is 0 Å². The summed E-state index contributed by atoms with van der Waals surface area (Å²) in [5.41, 5.74) is 5.22. The van der Waals surface area contributed by atoms with Crippen LogP contribution in [0, 0.1) is 0 Å². The van der Waals surface area contributed by atoms with Gasteiger partial charge in [-0.1, -0.05) is 18.5 Å². The van der Waals surface area contributed by atoms with Crippen molar-refractivity contribution >= 4 is 28.8 Å². The van der Waals surface area contributed by atoms with Crippen molar-refractivity contribution in [1.82, 2.24) is 5.32 Å². The first-order chi connectivity index (χ1) is 6.67. The molecule has 1 aromatic heterocycles. The quantitative estimate of drug-likeness (QED) is 0.834. The number of hydrogen-bond acceptors (Lipinski definition) is 3. The second kappa shape index (κ2) is 5.34. The lowest BCUT2D eigenvalue weighted by Gasteiger charge is -2.14. The van der Waals surface area contributed by atoms with E-state index in [1.54, 1.807) is 0 Å². The van der Waals surface area contributed by atoms with Gasteiger partial charge in [0.2, 0.25) is 5.91 Å². The Hall–Kier alpha value is -0.580. The molecule has 0 saturated carbocycles. The molecule has 1 rings (SSSR count). The van der Waals surface area contributed by atoms with E-state index in [4.69, 9.17) is 17.3 Å². The summed E-state index contributed by atoms with van der Waals surface area (Å²) in [5.74, 6) is -0.138. The van der Waals surface area contributed by atoms with E-state index in [0.29, 0.717) is 0 Å². The SMILES string of the molecule is CCC(NC(=O)CN)c1ccc(Cl)s1. The maximum atomic E-state index is 11.1. The summed E-state index contributed by atoms with van der Waals surface area (Å²) >= 11 is 7.30. The van der Waals surface area contributed by atoms with E-state index in [-0.39, 0.29) is 18.5 Å². The third kappa shape index (κ3) is 2.97. The second-order valence-corrected chi connectivity index (χ2v) is 4.62. The molecule has 1 amide bonds. The maximum absolute atomic E-state index is 11.1. The molecule has 0 aromatic carbocycles. The van der Waals surface area contributed by atoms with Crippen molar-refractivity contribution < 1.29 is 4.79 Å². The Kier molecular flexibility index (Phi) is 4.38. The van der Waals surface area contributed by atoms with Crippen LogP contribution >= 0.6 is 22.9 Å². The Balaban J connectivity index is 2.67. The fraction of sp³-hybridized carbons (Fsp3) is 0.444. The lowest BCUT2D eigenvalue weighted by Crippen LogP contribution is -2.33. The first kappa shape index (κ1) is 11.5. The average molecular weight is 233 g/mol. The molecule has 1 atom stereocenters. The monoisotopic (exact) mass is 232 g/mol. The van der Waals surface area contributed by atoms with Crippen LogP contribution in [0.15, 0.2) is 12.1 Å². The van der Waals surface area contributed by atoms with Crippen LogP contribution in [0.25, 0.3) is 0 Å². The van der Waals surface area contributed by atoms with Gasteiger partial charge in [0.15, 0.2) is 0 Å². The van der Waals surface area contributed by atoms with E-state index >= 15 is 0 Å². The number of nitrogens with two attached hydrogens (primary N) is 1. The first-order valence-corrected chi connectivity index (χ1v) is 5.61. The second-order valence-electron chi connectivity index (χ2n) is 2.87. The normalized spacial score (nSPS) is 12.5. The summed E-state index contributed by atoms with van der Waals surface area (Å²) in [6.45, 7) is 2.03. The van der Waals surface area contributed by atoms with Gasteiger partial charge in [-0.25, -0.2) is 0 Å². The Morgan fingerprint density at radius 1 is 1.71 bits per heavy atom. The van der Waals surface area contributed by atoms with Gasteiger partial charge in [0.1, 0.15) is 0 Å². The molecule has 1 unspecified atom stereocenters. The highest BCUT2D eigenvalue weighted by Gasteiger charge is 2.13. The van der Waals surface area contributed by atoms with Crippen LogP contribution in [0.5, 0.6) is 0 Å². The van der Waals surface area contributed by atoms with Crippen molar-refractivity contribution in [3.63, 3.8) is 0 Å². The van der Waals surface area contributed by atoms with Crippen molar-refractivity contribution in [2.75, 3.05) is 6.54 Å². The van der Waals surface area contributed by atoms with Gasteiger partial charge in [-0.3, -0.25) is 4.79 Å². The first-order valence-electron chi connectivity index (χ1n) is 4.42. The fourth-order valence-electron chi connectivity index (χ4n) is 1.14. The van der Waals surface area contributed by atoms with Crippen LogP contribution < -0.4 is 11.1 Å². The molecule has 1 aromatic rings. The van der Waals surface area contributed by atoms with Crippen LogP contribution in [0.3, 0.4) is 0 Å². The van der Waals surface area contributed by atoms with Crippen molar-refractivity contribution in [2.24, 2.45) is 5.73 Å². The van der Waals surface area contributed by atoms with Crippen molar-refractivity contribution in [3.05, 3.63) is 21.3 Å². The highest BCUT2D eigenvalue weighted by atomic mass is 35.5. The van der Waals surface area contributed by atoms with Crippen molar-refractivity contribution in [1.29, 1.82) is 0 Å². The summed E-state index contributed by atoms with van der Waals surface area (Å²) in [7, 11) is 0. The average Bonchev–Trinajstić information content (AvgIpc) is 2.60. The van der Waals surface area contributed by atoms with Gasteiger partial charge in [-0.05, 0) is 18.6 Å². The molecule has 0 radical (unpaired) electrons. The molecule has 0 aliphatic rings. The predicted molar refractivity (Wildman–Crippen MR) is 59.6 cm³/mol. The fourth-order valence-corrected chi connectivity index (χ4v) is 2.34. The zero-order valence-corrected chi connectivity index (χ0v) is 9.49. The Bertz CT molecular complexity index is 314. The third-order valence-corrected chi connectivity index (χ3v) is 3.21. The van der Waals surface area contributed by atoms with Crippen LogP contribution in [0.4, 0.5) is 0 Å². The minimum atomic E-state index is -0.138. The topological polar surface area (TPSA) is 55.1 Å². The molecule has 0 spiro atoms. The number of hydrogen-bond donors (Lipinski definition) is 2. The van der Waals surface area contributed by atoms with Crippen LogP contribution in [-0.4, -0.2) is 12.5 Å². The van der Waals surface area contributed by atoms with Gasteiger partial charge in [0.25, 0.3) is 0 Å². The largest absolute Gasteiger partial charge is 0.347 e. The smallest absolute Gasteiger partial charge is 0.234 e. The van der Waals surface area contributed by atoms with E-state index in [1.165, 1.54) is 11.3 Å². The van der Waals surface area contributed by atoms with Crippen LogP contribution in [0.2, 0.25) is 4.34 Å². The van der Waals surface area contributed by atoms with E-state index in [0.717, 1.165) is 15.6 Å².